The van der Waals surface area contributed by atoms with Crippen LogP contribution in [0, 0.1) is 11.3 Å². The number of nitrogens with zero attached hydrogens (tertiary/aromatic N) is 1. The average molecular weight is 287 g/mol. The zero-order valence-corrected chi connectivity index (χ0v) is 10.9. The van der Waals surface area contributed by atoms with E-state index in [0.717, 1.165) is 4.70 Å². The summed E-state index contributed by atoms with van der Waals surface area (Å²) < 4.78 is 26.8. The Morgan fingerprint density at radius 1 is 1.47 bits per heavy atom. The fraction of sp³-hybridized carbons (Fsp3) is 0.100. The van der Waals surface area contributed by atoms with Gasteiger partial charge in [0.1, 0.15) is 4.90 Å². The molecule has 0 unspecified atom stereocenters. The van der Waals surface area contributed by atoms with E-state index in [-0.39, 0.29) is 11.4 Å². The number of halogens is 1. The van der Waals surface area contributed by atoms with Gasteiger partial charge in [0.25, 0.3) is 0 Å². The van der Waals surface area contributed by atoms with Gasteiger partial charge in [0.05, 0.1) is 12.6 Å². The third kappa shape index (κ3) is 2.42. The van der Waals surface area contributed by atoms with Gasteiger partial charge in [-0.2, -0.15) is 9.98 Å². The van der Waals surface area contributed by atoms with E-state index in [1.165, 1.54) is 11.3 Å². The molecule has 2 aromatic rings. The molecule has 0 saturated carbocycles. The highest BCUT2D eigenvalue weighted by Crippen LogP contribution is 2.31. The minimum atomic E-state index is -3.64. The fourth-order valence-corrected chi connectivity index (χ4v) is 3.95. The van der Waals surface area contributed by atoms with Crippen LogP contribution >= 0.6 is 22.9 Å². The third-order valence-corrected chi connectivity index (χ3v) is 4.92. The Bertz CT molecular complexity index is 701. The number of thiophene rings is 1. The highest BCUT2D eigenvalue weighted by atomic mass is 35.5. The number of sulfonamides is 1. The number of nitriles is 1. The van der Waals surface area contributed by atoms with Crippen LogP contribution in [0.2, 0.25) is 5.02 Å². The molecule has 0 bridgehead atoms. The maximum absolute atomic E-state index is 11.9. The SMILES string of the molecule is N#CCNS(=O)(=O)c1csc2ccc(Cl)cc12. The Labute approximate surface area is 107 Å². The fourth-order valence-electron chi connectivity index (χ4n) is 1.39. The van der Waals surface area contributed by atoms with Gasteiger partial charge < -0.3 is 0 Å². The maximum Gasteiger partial charge on any atom is 0.242 e. The first-order chi connectivity index (χ1) is 8.04. The van der Waals surface area contributed by atoms with Crippen molar-refractivity contribution in [2.75, 3.05) is 6.54 Å². The van der Waals surface area contributed by atoms with Crippen LogP contribution in [-0.4, -0.2) is 15.0 Å². The molecule has 0 atom stereocenters. The maximum atomic E-state index is 11.9. The van der Waals surface area contributed by atoms with E-state index in [1.54, 1.807) is 29.6 Å². The largest absolute Gasteiger partial charge is 0.242 e. The lowest BCUT2D eigenvalue weighted by atomic mass is 10.3. The molecule has 88 valence electrons. The third-order valence-electron chi connectivity index (χ3n) is 2.13. The molecule has 0 amide bonds. The summed E-state index contributed by atoms with van der Waals surface area (Å²) in [5.74, 6) is 0. The summed E-state index contributed by atoms with van der Waals surface area (Å²) in [5, 5.41) is 11.0. The van der Waals surface area contributed by atoms with Crippen LogP contribution in [0.4, 0.5) is 0 Å². The summed E-state index contributed by atoms with van der Waals surface area (Å²) in [7, 11) is -3.64. The molecule has 0 spiro atoms. The number of benzene rings is 1. The van der Waals surface area contributed by atoms with Crippen LogP contribution in [0.3, 0.4) is 0 Å². The van der Waals surface area contributed by atoms with Crippen LogP contribution < -0.4 is 4.72 Å². The summed E-state index contributed by atoms with van der Waals surface area (Å²) in [6.07, 6.45) is 0. The zero-order chi connectivity index (χ0) is 12.5. The molecule has 0 aliphatic carbocycles. The lowest BCUT2D eigenvalue weighted by Crippen LogP contribution is -2.23. The van der Waals surface area contributed by atoms with Crippen molar-refractivity contribution in [3.05, 3.63) is 28.6 Å². The Hall–Kier alpha value is -1.13. The highest BCUT2D eigenvalue weighted by molar-refractivity contribution is 7.90. The van der Waals surface area contributed by atoms with Gasteiger partial charge in [-0.3, -0.25) is 0 Å². The van der Waals surface area contributed by atoms with Crippen LogP contribution in [-0.2, 0) is 10.0 Å². The van der Waals surface area contributed by atoms with Crippen molar-refractivity contribution >= 4 is 43.0 Å². The van der Waals surface area contributed by atoms with Gasteiger partial charge in [-0.05, 0) is 18.2 Å². The molecular formula is C10H7ClN2O2S2. The molecule has 17 heavy (non-hydrogen) atoms. The van der Waals surface area contributed by atoms with Crippen molar-refractivity contribution in [1.29, 1.82) is 5.26 Å². The first-order valence-electron chi connectivity index (χ1n) is 4.58. The van der Waals surface area contributed by atoms with E-state index >= 15 is 0 Å². The molecular weight excluding hydrogens is 280 g/mol. The van der Waals surface area contributed by atoms with Gasteiger partial charge >= 0.3 is 0 Å². The Morgan fingerprint density at radius 3 is 2.94 bits per heavy atom. The summed E-state index contributed by atoms with van der Waals surface area (Å²) in [6, 6.07) is 6.82. The summed E-state index contributed by atoms with van der Waals surface area (Å²) in [4.78, 5) is 0.162. The van der Waals surface area contributed by atoms with Crippen molar-refractivity contribution in [1.82, 2.24) is 4.72 Å². The van der Waals surface area contributed by atoms with E-state index in [4.69, 9.17) is 16.9 Å². The Kier molecular flexibility index (Phi) is 3.35. The van der Waals surface area contributed by atoms with Crippen LogP contribution in [0.1, 0.15) is 0 Å². The van der Waals surface area contributed by atoms with Gasteiger partial charge in [0, 0.05) is 20.5 Å². The van der Waals surface area contributed by atoms with Crippen molar-refractivity contribution in [2.45, 2.75) is 4.90 Å². The molecule has 0 fully saturated rings. The van der Waals surface area contributed by atoms with Crippen molar-refractivity contribution in [3.63, 3.8) is 0 Å². The summed E-state index contributed by atoms with van der Waals surface area (Å²) >= 11 is 7.16. The molecule has 0 radical (unpaired) electrons. The predicted octanol–water partition coefficient (Wildman–Crippen LogP) is 2.36. The molecule has 0 saturated heterocycles. The number of hydrogen-bond acceptors (Lipinski definition) is 4. The van der Waals surface area contributed by atoms with E-state index in [0.29, 0.717) is 10.4 Å². The molecule has 1 aromatic heterocycles. The predicted molar refractivity (Wildman–Crippen MR) is 67.6 cm³/mol. The van der Waals surface area contributed by atoms with Gasteiger partial charge in [-0.25, -0.2) is 8.42 Å². The van der Waals surface area contributed by atoms with Crippen molar-refractivity contribution in [2.24, 2.45) is 0 Å². The monoisotopic (exact) mass is 286 g/mol. The van der Waals surface area contributed by atoms with Crippen molar-refractivity contribution in [3.8, 4) is 6.07 Å². The topological polar surface area (TPSA) is 70.0 Å². The molecule has 2 rings (SSSR count). The molecule has 4 nitrogen and oxygen atoms in total. The summed E-state index contributed by atoms with van der Waals surface area (Å²) in [6.45, 7) is -0.250. The van der Waals surface area contributed by atoms with Crippen LogP contribution in [0.25, 0.3) is 10.1 Å². The number of rotatable bonds is 3. The van der Waals surface area contributed by atoms with Gasteiger partial charge in [0.15, 0.2) is 0 Å². The van der Waals surface area contributed by atoms with Gasteiger partial charge in [-0.1, -0.05) is 11.6 Å². The van der Waals surface area contributed by atoms with E-state index in [1.807, 2.05) is 0 Å². The molecule has 7 heteroatoms. The zero-order valence-electron chi connectivity index (χ0n) is 8.47. The molecule has 1 aromatic carbocycles. The van der Waals surface area contributed by atoms with Crippen LogP contribution in [0.5, 0.6) is 0 Å². The van der Waals surface area contributed by atoms with Crippen LogP contribution in [0.15, 0.2) is 28.5 Å². The second-order valence-electron chi connectivity index (χ2n) is 3.22. The second kappa shape index (κ2) is 4.63. The molecule has 1 N–H and O–H groups in total. The molecule has 0 aliphatic rings. The highest BCUT2D eigenvalue weighted by Gasteiger charge is 2.18. The minimum Gasteiger partial charge on any atom is -0.207 e. The smallest absolute Gasteiger partial charge is 0.207 e. The number of nitrogens with one attached hydrogen (secondary N) is 1. The number of fused-ring (bicyclic) bond motifs is 1. The van der Waals surface area contributed by atoms with Gasteiger partial charge in [-0.15, -0.1) is 11.3 Å². The second-order valence-corrected chi connectivity index (χ2v) is 6.31. The minimum absolute atomic E-state index is 0.162. The normalized spacial score (nSPS) is 11.5. The first kappa shape index (κ1) is 12.3. The molecule has 0 aliphatic heterocycles. The summed E-state index contributed by atoms with van der Waals surface area (Å²) in [5.41, 5.74) is 0. The van der Waals surface area contributed by atoms with Gasteiger partial charge in [0.2, 0.25) is 10.0 Å². The van der Waals surface area contributed by atoms with E-state index in [9.17, 15) is 8.42 Å². The molecule has 1 heterocycles. The average Bonchev–Trinajstić information content (AvgIpc) is 2.70. The standard InChI is InChI=1S/C10H7ClN2O2S2/c11-7-1-2-9-8(5-7)10(6-16-9)17(14,15)13-4-3-12/h1-2,5-6,13H,4H2. The Morgan fingerprint density at radius 2 is 2.24 bits per heavy atom. The lowest BCUT2D eigenvalue weighted by molar-refractivity contribution is 0.587. The van der Waals surface area contributed by atoms with E-state index < -0.39 is 10.0 Å². The first-order valence-corrected chi connectivity index (χ1v) is 7.32. The van der Waals surface area contributed by atoms with Crippen molar-refractivity contribution < 1.29 is 8.42 Å². The van der Waals surface area contributed by atoms with E-state index in [2.05, 4.69) is 4.72 Å². The number of hydrogen-bond donors (Lipinski definition) is 1. The quantitative estimate of drug-likeness (QED) is 0.881. The Balaban J connectivity index is 2.56. The lowest BCUT2D eigenvalue weighted by Gasteiger charge is -2.01.